The lowest BCUT2D eigenvalue weighted by Crippen LogP contribution is -2.43. The molecule has 2 saturated heterocycles. The molecule has 2 N–H and O–H groups in total. The maximum absolute atomic E-state index is 13.9. The first-order valence-corrected chi connectivity index (χ1v) is 11.3. The number of rotatable bonds is 6. The molecule has 4 rings (SSSR count). The Balaban J connectivity index is 0.000000339. The molecule has 2 aliphatic heterocycles. The van der Waals surface area contributed by atoms with Gasteiger partial charge in [0.2, 0.25) is 10.0 Å². The Bertz CT molecular complexity index is 907. The Hall–Kier alpha value is -1.76. The smallest absolute Gasteiger partial charge is 0.475 e. The molecule has 0 radical (unpaired) electrons. The van der Waals surface area contributed by atoms with E-state index in [9.17, 15) is 26.0 Å². The second-order valence-corrected chi connectivity index (χ2v) is 10.2. The summed E-state index contributed by atoms with van der Waals surface area (Å²) in [5, 5.41) is 6.92. The molecular weight excluding hydrogens is 444 g/mol. The van der Waals surface area contributed by atoms with E-state index in [0.29, 0.717) is 37.8 Å². The van der Waals surface area contributed by atoms with Crippen LogP contribution in [0.1, 0.15) is 18.4 Å². The van der Waals surface area contributed by atoms with Gasteiger partial charge in [-0.25, -0.2) is 22.3 Å². The zero-order chi connectivity index (χ0) is 22.9. The molecule has 3 fully saturated rings. The lowest BCUT2D eigenvalue weighted by Gasteiger charge is -2.27. The number of alkyl halides is 3. The number of benzene rings is 1. The van der Waals surface area contributed by atoms with Gasteiger partial charge < -0.3 is 9.84 Å². The van der Waals surface area contributed by atoms with Crippen LogP contribution in [0.15, 0.2) is 24.3 Å². The van der Waals surface area contributed by atoms with Gasteiger partial charge in [-0.1, -0.05) is 18.2 Å². The van der Waals surface area contributed by atoms with Gasteiger partial charge in [0.05, 0.1) is 18.5 Å². The second kappa shape index (κ2) is 9.00. The number of carboxylic acids is 1. The summed E-state index contributed by atoms with van der Waals surface area (Å²) >= 11 is 0. The average molecular weight is 468 g/mol. The van der Waals surface area contributed by atoms with Crippen LogP contribution < -0.4 is 4.72 Å². The van der Waals surface area contributed by atoms with Gasteiger partial charge in [-0.2, -0.15) is 13.2 Å². The molecule has 7 nitrogen and oxygen atoms in total. The number of hydrogen-bond acceptors (Lipinski definition) is 5. The summed E-state index contributed by atoms with van der Waals surface area (Å²) < 4.78 is 78.4. The highest BCUT2D eigenvalue weighted by Gasteiger charge is 2.51. The summed E-state index contributed by atoms with van der Waals surface area (Å²) in [5.74, 6) is -2.65. The zero-order valence-electron chi connectivity index (χ0n) is 16.6. The van der Waals surface area contributed by atoms with E-state index >= 15 is 0 Å². The van der Waals surface area contributed by atoms with Crippen LogP contribution in [0.4, 0.5) is 17.6 Å². The van der Waals surface area contributed by atoms with Crippen molar-refractivity contribution in [3.8, 4) is 0 Å². The summed E-state index contributed by atoms with van der Waals surface area (Å²) in [6, 6.07) is 6.83. The molecule has 12 heteroatoms. The lowest BCUT2D eigenvalue weighted by molar-refractivity contribution is -0.192. The molecule has 174 valence electrons. The summed E-state index contributed by atoms with van der Waals surface area (Å²) in [6.45, 7) is 3.75. The Kier molecular flexibility index (Phi) is 6.94. The number of carboxylic acid groups (broad SMARTS) is 1. The predicted octanol–water partition coefficient (Wildman–Crippen LogP) is 1.99. The Labute approximate surface area is 177 Å². The predicted molar refractivity (Wildman–Crippen MR) is 102 cm³/mol. The third-order valence-electron chi connectivity index (χ3n) is 5.77. The van der Waals surface area contributed by atoms with Crippen molar-refractivity contribution < 1.29 is 40.6 Å². The van der Waals surface area contributed by atoms with E-state index in [4.69, 9.17) is 14.6 Å². The molecule has 0 bridgehead atoms. The van der Waals surface area contributed by atoms with Crippen molar-refractivity contribution in [1.82, 2.24) is 9.62 Å². The number of carbonyl (C=O) groups is 1. The number of aliphatic carboxylic acids is 1. The average Bonchev–Trinajstić information content (AvgIpc) is 3.39. The molecule has 31 heavy (non-hydrogen) atoms. The number of halogens is 4. The van der Waals surface area contributed by atoms with Crippen LogP contribution in [0, 0.1) is 17.2 Å². The molecule has 0 aromatic heterocycles. The van der Waals surface area contributed by atoms with Gasteiger partial charge in [0.15, 0.2) is 0 Å². The van der Waals surface area contributed by atoms with E-state index in [0.717, 1.165) is 25.9 Å². The second-order valence-electron chi connectivity index (χ2n) is 8.20. The standard InChI is InChI=1S/C17H23FN2O3S.C2HF3O2/c18-16-4-2-1-3-13(16)7-20-8-14-9-23-12-17(14,11-20)10-19-24(21,22)15-5-6-15;3-2(4,5)1(6)7/h1-4,14-15,19H,5-12H2;(H,6,7)/t14-,17+;/m1./s1. The van der Waals surface area contributed by atoms with E-state index in [1.807, 2.05) is 12.1 Å². The molecule has 2 atom stereocenters. The minimum Gasteiger partial charge on any atom is -0.475 e. The van der Waals surface area contributed by atoms with Crippen molar-refractivity contribution in [3.05, 3.63) is 35.6 Å². The molecule has 0 spiro atoms. The molecule has 1 saturated carbocycles. The topological polar surface area (TPSA) is 95.9 Å². The molecule has 1 aliphatic carbocycles. The monoisotopic (exact) mass is 468 g/mol. The van der Waals surface area contributed by atoms with Crippen LogP contribution in [0.3, 0.4) is 0 Å². The Morgan fingerprint density at radius 2 is 1.94 bits per heavy atom. The van der Waals surface area contributed by atoms with Crippen molar-refractivity contribution in [1.29, 1.82) is 0 Å². The van der Waals surface area contributed by atoms with E-state index in [1.54, 1.807) is 6.07 Å². The summed E-state index contributed by atoms with van der Waals surface area (Å²) in [6.07, 6.45) is -3.55. The van der Waals surface area contributed by atoms with E-state index in [1.165, 1.54) is 6.07 Å². The number of nitrogens with zero attached hydrogens (tertiary/aromatic N) is 1. The fourth-order valence-corrected chi connectivity index (χ4v) is 5.40. The van der Waals surface area contributed by atoms with Crippen LogP contribution in [0.5, 0.6) is 0 Å². The quantitative estimate of drug-likeness (QED) is 0.620. The maximum Gasteiger partial charge on any atom is 0.490 e. The van der Waals surface area contributed by atoms with E-state index in [2.05, 4.69) is 9.62 Å². The number of likely N-dealkylation sites (tertiary alicyclic amines) is 1. The van der Waals surface area contributed by atoms with Gasteiger partial charge in [0.25, 0.3) is 0 Å². The van der Waals surface area contributed by atoms with Crippen molar-refractivity contribution in [2.24, 2.45) is 11.3 Å². The normalized spacial score (nSPS) is 26.3. The molecular formula is C19H24F4N2O5S. The summed E-state index contributed by atoms with van der Waals surface area (Å²) in [5.41, 5.74) is 0.500. The summed E-state index contributed by atoms with van der Waals surface area (Å²) in [7, 11) is -3.19. The molecule has 0 amide bonds. The van der Waals surface area contributed by atoms with Crippen LogP contribution in [0.2, 0.25) is 0 Å². The minimum absolute atomic E-state index is 0.186. The van der Waals surface area contributed by atoms with Crippen LogP contribution >= 0.6 is 0 Å². The van der Waals surface area contributed by atoms with Crippen LogP contribution in [-0.2, 0) is 26.1 Å². The van der Waals surface area contributed by atoms with Gasteiger partial charge in [-0.05, 0) is 18.9 Å². The first-order chi connectivity index (χ1) is 14.4. The maximum atomic E-state index is 13.9. The fraction of sp³-hybridized carbons (Fsp3) is 0.632. The first kappa shape index (κ1) is 23.9. The number of ether oxygens (including phenoxy) is 1. The third kappa shape index (κ3) is 5.93. The largest absolute Gasteiger partial charge is 0.490 e. The van der Waals surface area contributed by atoms with Gasteiger partial charge in [-0.3, -0.25) is 4.90 Å². The highest BCUT2D eigenvalue weighted by atomic mass is 32.2. The van der Waals surface area contributed by atoms with Crippen molar-refractivity contribution >= 4 is 16.0 Å². The van der Waals surface area contributed by atoms with Gasteiger partial charge >= 0.3 is 12.1 Å². The molecule has 0 unspecified atom stereocenters. The highest BCUT2D eigenvalue weighted by molar-refractivity contribution is 7.90. The van der Waals surface area contributed by atoms with Gasteiger partial charge in [0, 0.05) is 43.1 Å². The van der Waals surface area contributed by atoms with Crippen molar-refractivity contribution in [2.75, 3.05) is 32.8 Å². The SMILES string of the molecule is O=C(O)C(F)(F)F.O=S(=O)(NC[C@]12COC[C@H]1CN(Cc1ccccc1F)C2)C1CC1. The Morgan fingerprint density at radius 1 is 1.29 bits per heavy atom. The first-order valence-electron chi connectivity index (χ1n) is 9.75. The number of sulfonamides is 1. The Morgan fingerprint density at radius 3 is 2.52 bits per heavy atom. The lowest BCUT2D eigenvalue weighted by atomic mass is 9.81. The highest BCUT2D eigenvalue weighted by Crippen LogP contribution is 2.42. The fourth-order valence-electron chi connectivity index (χ4n) is 3.92. The summed E-state index contributed by atoms with van der Waals surface area (Å²) in [4.78, 5) is 11.1. The molecule has 3 aliphatic rings. The minimum atomic E-state index is -5.08. The van der Waals surface area contributed by atoms with Crippen LogP contribution in [-0.4, -0.2) is 68.7 Å². The molecule has 1 aromatic rings. The van der Waals surface area contributed by atoms with Crippen molar-refractivity contribution in [3.63, 3.8) is 0 Å². The molecule has 2 heterocycles. The third-order valence-corrected chi connectivity index (χ3v) is 7.67. The van der Waals surface area contributed by atoms with Crippen molar-refractivity contribution in [2.45, 2.75) is 30.8 Å². The number of fused-ring (bicyclic) bond motifs is 1. The zero-order valence-corrected chi connectivity index (χ0v) is 17.4. The van der Waals surface area contributed by atoms with E-state index < -0.39 is 22.2 Å². The van der Waals surface area contributed by atoms with E-state index in [-0.39, 0.29) is 16.5 Å². The van der Waals surface area contributed by atoms with Gasteiger partial charge in [-0.15, -0.1) is 0 Å². The van der Waals surface area contributed by atoms with Crippen LogP contribution in [0.25, 0.3) is 0 Å². The van der Waals surface area contributed by atoms with Gasteiger partial charge in [0.1, 0.15) is 5.82 Å². The molecule has 1 aromatic carbocycles. The number of hydrogen-bond donors (Lipinski definition) is 2. The number of nitrogens with one attached hydrogen (secondary N) is 1.